The Morgan fingerprint density at radius 2 is 2.06 bits per heavy atom. The van der Waals surface area contributed by atoms with Crippen molar-refractivity contribution in [1.82, 2.24) is 4.90 Å². The molecule has 0 amide bonds. The summed E-state index contributed by atoms with van der Waals surface area (Å²) >= 11 is 0. The average Bonchev–Trinajstić information content (AvgIpc) is 2.73. The highest BCUT2D eigenvalue weighted by Gasteiger charge is 2.39. The Morgan fingerprint density at radius 1 is 1.41 bits per heavy atom. The molecular formula is C13H25NO3. The number of hydrogen-bond donors (Lipinski definition) is 1. The summed E-state index contributed by atoms with van der Waals surface area (Å²) in [5.41, 5.74) is 0. The van der Waals surface area contributed by atoms with Gasteiger partial charge in [-0.25, -0.2) is 0 Å². The van der Waals surface area contributed by atoms with E-state index in [0.29, 0.717) is 25.2 Å². The average molecular weight is 243 g/mol. The van der Waals surface area contributed by atoms with Crippen LogP contribution in [0.25, 0.3) is 0 Å². The summed E-state index contributed by atoms with van der Waals surface area (Å²) in [6.45, 7) is 10.5. The topological polar surface area (TPSA) is 49.8 Å². The van der Waals surface area contributed by atoms with E-state index in [1.807, 2.05) is 0 Å². The SMILES string of the molecule is CCCN(C(C)C(C)C)C1COCC1C(=O)O. The molecule has 0 aliphatic carbocycles. The van der Waals surface area contributed by atoms with Crippen LogP contribution < -0.4 is 0 Å². The zero-order valence-electron chi connectivity index (χ0n) is 11.3. The van der Waals surface area contributed by atoms with Gasteiger partial charge in [0.1, 0.15) is 0 Å². The second-order valence-corrected chi connectivity index (χ2v) is 5.27. The maximum atomic E-state index is 11.2. The Labute approximate surface area is 104 Å². The van der Waals surface area contributed by atoms with Crippen molar-refractivity contribution in [3.8, 4) is 0 Å². The molecule has 0 spiro atoms. The Hall–Kier alpha value is -0.610. The Morgan fingerprint density at radius 3 is 2.53 bits per heavy atom. The van der Waals surface area contributed by atoms with E-state index >= 15 is 0 Å². The van der Waals surface area contributed by atoms with Gasteiger partial charge in [0.2, 0.25) is 0 Å². The quantitative estimate of drug-likeness (QED) is 0.773. The zero-order valence-corrected chi connectivity index (χ0v) is 11.3. The molecule has 1 aliphatic heterocycles. The first kappa shape index (κ1) is 14.5. The van der Waals surface area contributed by atoms with Crippen molar-refractivity contribution in [2.24, 2.45) is 11.8 Å². The molecule has 1 saturated heterocycles. The van der Waals surface area contributed by atoms with Crippen LogP contribution in [0.3, 0.4) is 0 Å². The van der Waals surface area contributed by atoms with Crippen LogP contribution in [0, 0.1) is 11.8 Å². The predicted molar refractivity (Wildman–Crippen MR) is 67.0 cm³/mol. The number of carboxylic acid groups (broad SMARTS) is 1. The molecule has 0 aromatic rings. The van der Waals surface area contributed by atoms with Gasteiger partial charge in [-0.1, -0.05) is 20.8 Å². The van der Waals surface area contributed by atoms with Crippen LogP contribution >= 0.6 is 0 Å². The van der Waals surface area contributed by atoms with Crippen molar-refractivity contribution in [1.29, 1.82) is 0 Å². The standard InChI is InChI=1S/C13H25NO3/c1-5-6-14(10(4)9(2)3)12-8-17-7-11(12)13(15)16/h9-12H,5-8H2,1-4H3,(H,15,16). The summed E-state index contributed by atoms with van der Waals surface area (Å²) in [5, 5.41) is 9.21. The fourth-order valence-electron chi connectivity index (χ4n) is 2.42. The third-order valence-electron chi connectivity index (χ3n) is 3.76. The molecule has 100 valence electrons. The zero-order chi connectivity index (χ0) is 13.0. The summed E-state index contributed by atoms with van der Waals surface area (Å²) in [6, 6.07) is 0.424. The van der Waals surface area contributed by atoms with E-state index in [1.165, 1.54) is 0 Å². The summed E-state index contributed by atoms with van der Waals surface area (Å²) in [7, 11) is 0. The van der Waals surface area contributed by atoms with Gasteiger partial charge < -0.3 is 9.84 Å². The van der Waals surface area contributed by atoms with Crippen molar-refractivity contribution >= 4 is 5.97 Å². The van der Waals surface area contributed by atoms with E-state index in [4.69, 9.17) is 4.74 Å². The molecule has 4 nitrogen and oxygen atoms in total. The lowest BCUT2D eigenvalue weighted by Crippen LogP contribution is -2.49. The van der Waals surface area contributed by atoms with Crippen molar-refractivity contribution in [3.05, 3.63) is 0 Å². The summed E-state index contributed by atoms with van der Waals surface area (Å²) in [4.78, 5) is 13.5. The van der Waals surface area contributed by atoms with Crippen molar-refractivity contribution in [2.75, 3.05) is 19.8 Å². The van der Waals surface area contributed by atoms with Gasteiger partial charge in [0.15, 0.2) is 0 Å². The second-order valence-electron chi connectivity index (χ2n) is 5.27. The third-order valence-corrected chi connectivity index (χ3v) is 3.76. The maximum absolute atomic E-state index is 11.2. The van der Waals surface area contributed by atoms with Crippen LogP contribution in [0.1, 0.15) is 34.1 Å². The summed E-state index contributed by atoms with van der Waals surface area (Å²) < 4.78 is 5.37. The van der Waals surface area contributed by atoms with Gasteiger partial charge >= 0.3 is 5.97 Å². The van der Waals surface area contributed by atoms with Crippen LogP contribution in [0.4, 0.5) is 0 Å². The summed E-state index contributed by atoms with van der Waals surface area (Å²) in [6.07, 6.45) is 1.04. The molecule has 17 heavy (non-hydrogen) atoms. The number of aliphatic carboxylic acids is 1. The first-order valence-corrected chi connectivity index (χ1v) is 6.55. The van der Waals surface area contributed by atoms with Crippen LogP contribution in [0.2, 0.25) is 0 Å². The molecule has 4 heteroatoms. The van der Waals surface area contributed by atoms with Crippen LogP contribution in [0.15, 0.2) is 0 Å². The number of carbonyl (C=O) groups is 1. The highest BCUT2D eigenvalue weighted by molar-refractivity contribution is 5.71. The fraction of sp³-hybridized carbons (Fsp3) is 0.923. The monoisotopic (exact) mass is 243 g/mol. The van der Waals surface area contributed by atoms with Crippen LogP contribution in [-0.4, -0.2) is 47.8 Å². The van der Waals surface area contributed by atoms with E-state index < -0.39 is 5.97 Å². The van der Waals surface area contributed by atoms with Gasteiger partial charge in [0.05, 0.1) is 19.1 Å². The van der Waals surface area contributed by atoms with E-state index in [2.05, 4.69) is 32.6 Å². The Kier molecular flexibility index (Phi) is 5.40. The Bertz CT molecular complexity index is 255. The second kappa shape index (κ2) is 6.36. The lowest BCUT2D eigenvalue weighted by molar-refractivity contribution is -0.143. The molecule has 3 atom stereocenters. The molecule has 1 N–H and O–H groups in total. The Balaban J connectivity index is 2.78. The molecule has 1 rings (SSSR count). The van der Waals surface area contributed by atoms with Crippen molar-refractivity contribution in [2.45, 2.75) is 46.2 Å². The molecule has 1 heterocycles. The van der Waals surface area contributed by atoms with Gasteiger partial charge in [0.25, 0.3) is 0 Å². The highest BCUT2D eigenvalue weighted by Crippen LogP contribution is 2.24. The molecule has 0 aromatic heterocycles. The molecule has 0 radical (unpaired) electrons. The van der Waals surface area contributed by atoms with Crippen LogP contribution in [0.5, 0.6) is 0 Å². The largest absolute Gasteiger partial charge is 0.481 e. The molecule has 0 saturated carbocycles. The number of nitrogens with zero attached hydrogens (tertiary/aromatic N) is 1. The predicted octanol–water partition coefficient (Wildman–Crippen LogP) is 1.84. The number of rotatable bonds is 6. The smallest absolute Gasteiger partial charge is 0.310 e. The minimum atomic E-state index is -0.732. The minimum absolute atomic E-state index is 0.0323. The number of ether oxygens (including phenoxy) is 1. The van der Waals surface area contributed by atoms with Crippen molar-refractivity contribution in [3.63, 3.8) is 0 Å². The third kappa shape index (κ3) is 3.42. The lowest BCUT2D eigenvalue weighted by atomic mass is 9.96. The highest BCUT2D eigenvalue weighted by atomic mass is 16.5. The maximum Gasteiger partial charge on any atom is 0.310 e. The normalized spacial score (nSPS) is 26.7. The van der Waals surface area contributed by atoms with Gasteiger partial charge in [0, 0.05) is 12.1 Å². The van der Waals surface area contributed by atoms with Gasteiger partial charge in [-0.05, 0) is 25.8 Å². The fourth-order valence-corrected chi connectivity index (χ4v) is 2.42. The molecular weight excluding hydrogens is 218 g/mol. The van der Waals surface area contributed by atoms with E-state index in [1.54, 1.807) is 0 Å². The number of carboxylic acids is 1. The number of hydrogen-bond acceptors (Lipinski definition) is 3. The molecule has 1 fully saturated rings. The van der Waals surface area contributed by atoms with E-state index in [-0.39, 0.29) is 12.0 Å². The van der Waals surface area contributed by atoms with Gasteiger partial charge in [-0.2, -0.15) is 0 Å². The molecule has 0 bridgehead atoms. The molecule has 0 aromatic carbocycles. The van der Waals surface area contributed by atoms with Crippen molar-refractivity contribution < 1.29 is 14.6 Å². The lowest BCUT2D eigenvalue weighted by Gasteiger charge is -2.37. The van der Waals surface area contributed by atoms with E-state index in [9.17, 15) is 9.90 Å². The summed E-state index contributed by atoms with van der Waals surface area (Å²) in [5.74, 6) is -0.580. The first-order valence-electron chi connectivity index (χ1n) is 6.55. The minimum Gasteiger partial charge on any atom is -0.481 e. The van der Waals surface area contributed by atoms with Gasteiger partial charge in [-0.3, -0.25) is 9.69 Å². The molecule has 3 unspecified atom stereocenters. The van der Waals surface area contributed by atoms with Crippen LogP contribution in [-0.2, 0) is 9.53 Å². The van der Waals surface area contributed by atoms with E-state index in [0.717, 1.165) is 13.0 Å². The van der Waals surface area contributed by atoms with Gasteiger partial charge in [-0.15, -0.1) is 0 Å². The first-order chi connectivity index (χ1) is 7.99. The molecule has 1 aliphatic rings.